The van der Waals surface area contributed by atoms with Gasteiger partial charge < -0.3 is 11.5 Å². The van der Waals surface area contributed by atoms with Crippen molar-refractivity contribution in [2.45, 2.75) is 0 Å². The number of nitrogens with zero attached hydrogens (tertiary/aromatic N) is 3. The van der Waals surface area contributed by atoms with Crippen LogP contribution < -0.4 is 11.5 Å². The second kappa shape index (κ2) is 3.70. The molecule has 6 heteroatoms. The van der Waals surface area contributed by atoms with E-state index in [0.29, 0.717) is 28.0 Å². The van der Waals surface area contributed by atoms with Crippen molar-refractivity contribution in [1.82, 2.24) is 15.0 Å². The number of hydrogen-bond donors (Lipinski definition) is 2. The summed E-state index contributed by atoms with van der Waals surface area (Å²) in [5.41, 5.74) is 12.5. The van der Waals surface area contributed by atoms with Crippen LogP contribution in [0, 0.1) is 0 Å². The van der Waals surface area contributed by atoms with Gasteiger partial charge in [0.05, 0.1) is 5.69 Å². The maximum atomic E-state index is 5.74. The van der Waals surface area contributed by atoms with E-state index in [9.17, 15) is 0 Å². The molecule has 0 aliphatic heterocycles. The van der Waals surface area contributed by atoms with Gasteiger partial charge in [-0.25, -0.2) is 15.0 Å². The fourth-order valence-electron chi connectivity index (χ4n) is 1.19. The van der Waals surface area contributed by atoms with Gasteiger partial charge in [0, 0.05) is 11.6 Å². The van der Waals surface area contributed by atoms with Gasteiger partial charge in [-0.2, -0.15) is 0 Å². The van der Waals surface area contributed by atoms with Crippen molar-refractivity contribution in [1.29, 1.82) is 0 Å². The smallest absolute Gasteiger partial charge is 0.135 e. The maximum absolute atomic E-state index is 5.74. The van der Waals surface area contributed by atoms with E-state index < -0.39 is 0 Å². The summed E-state index contributed by atoms with van der Waals surface area (Å²) in [7, 11) is 0. The molecule has 2 heterocycles. The minimum Gasteiger partial charge on any atom is -0.384 e. The van der Waals surface area contributed by atoms with Gasteiger partial charge >= 0.3 is 0 Å². The molecular weight excluding hydrogens is 214 g/mol. The molecule has 2 aromatic rings. The average Bonchev–Trinajstić information content (AvgIpc) is 2.17. The maximum Gasteiger partial charge on any atom is 0.135 e. The molecule has 2 aromatic heterocycles. The molecule has 5 nitrogen and oxygen atoms in total. The molecule has 2 rings (SSSR count). The summed E-state index contributed by atoms with van der Waals surface area (Å²) in [5, 5.41) is 0.358. The van der Waals surface area contributed by atoms with Gasteiger partial charge in [-0.1, -0.05) is 11.6 Å². The van der Waals surface area contributed by atoms with E-state index in [0.717, 1.165) is 0 Å². The Hall–Kier alpha value is -1.88. The Bertz CT molecular complexity index is 500. The lowest BCUT2D eigenvalue weighted by Gasteiger charge is -2.04. The van der Waals surface area contributed by atoms with Crippen LogP contribution in [0.5, 0.6) is 0 Å². The summed E-state index contributed by atoms with van der Waals surface area (Å²) >= 11 is 5.74. The molecule has 0 fully saturated rings. The zero-order chi connectivity index (χ0) is 10.8. The summed E-state index contributed by atoms with van der Waals surface area (Å²) in [4.78, 5) is 11.8. The lowest BCUT2D eigenvalue weighted by molar-refractivity contribution is 1.17. The summed E-state index contributed by atoms with van der Waals surface area (Å²) in [5.74, 6) is 0.696. The van der Waals surface area contributed by atoms with Crippen molar-refractivity contribution in [3.63, 3.8) is 0 Å². The van der Waals surface area contributed by atoms with E-state index in [4.69, 9.17) is 23.1 Å². The molecule has 0 unspecified atom stereocenters. The normalized spacial score (nSPS) is 10.2. The predicted octanol–water partition coefficient (Wildman–Crippen LogP) is 1.36. The van der Waals surface area contributed by atoms with Crippen molar-refractivity contribution < 1.29 is 0 Å². The highest BCUT2D eigenvalue weighted by Crippen LogP contribution is 2.24. The Labute approximate surface area is 91.1 Å². The molecule has 15 heavy (non-hydrogen) atoms. The van der Waals surface area contributed by atoms with E-state index in [1.54, 1.807) is 18.2 Å². The molecule has 0 aliphatic rings. The number of halogens is 1. The molecule has 0 aliphatic carbocycles. The second-order valence-electron chi connectivity index (χ2n) is 2.89. The van der Waals surface area contributed by atoms with Gasteiger partial charge in [0.2, 0.25) is 0 Å². The third kappa shape index (κ3) is 1.97. The van der Waals surface area contributed by atoms with Crippen LogP contribution in [0.15, 0.2) is 24.5 Å². The highest BCUT2D eigenvalue weighted by Gasteiger charge is 2.06. The first-order chi connectivity index (χ1) is 7.16. The first-order valence-corrected chi connectivity index (χ1v) is 4.54. The van der Waals surface area contributed by atoms with Crippen LogP contribution in [0.3, 0.4) is 0 Å². The van der Waals surface area contributed by atoms with Crippen LogP contribution in [0.4, 0.5) is 11.6 Å². The van der Waals surface area contributed by atoms with Crippen LogP contribution >= 0.6 is 11.6 Å². The highest BCUT2D eigenvalue weighted by molar-refractivity contribution is 6.29. The number of anilines is 2. The largest absolute Gasteiger partial charge is 0.384 e. The van der Waals surface area contributed by atoms with Gasteiger partial charge in [-0.3, -0.25) is 0 Å². The Balaban J connectivity index is 2.54. The molecule has 0 amide bonds. The summed E-state index contributed by atoms with van der Waals surface area (Å²) in [6.07, 6.45) is 1.37. The van der Waals surface area contributed by atoms with Gasteiger partial charge in [0.25, 0.3) is 0 Å². The van der Waals surface area contributed by atoms with Crippen LogP contribution in [-0.2, 0) is 0 Å². The zero-order valence-electron chi connectivity index (χ0n) is 7.68. The van der Waals surface area contributed by atoms with Crippen LogP contribution in [0.1, 0.15) is 0 Å². The summed E-state index contributed by atoms with van der Waals surface area (Å²) < 4.78 is 0. The quantitative estimate of drug-likeness (QED) is 0.710. The number of rotatable bonds is 1. The number of pyridine rings is 1. The predicted molar refractivity (Wildman–Crippen MR) is 59.1 cm³/mol. The standard InChI is InChI=1S/C9H8ClN5/c10-7-3-6(13-4-14-7)5-1-2-8(11)15-9(5)12/h1-4H,(H4,11,12,15). The number of nitrogens with two attached hydrogens (primary N) is 2. The van der Waals surface area contributed by atoms with Gasteiger partial charge in [-0.05, 0) is 12.1 Å². The number of nitrogen functional groups attached to an aromatic ring is 2. The fourth-order valence-corrected chi connectivity index (χ4v) is 1.34. The van der Waals surface area contributed by atoms with Crippen LogP contribution in [0.25, 0.3) is 11.3 Å². The topological polar surface area (TPSA) is 90.7 Å². The Morgan fingerprint density at radius 2 is 1.93 bits per heavy atom. The van der Waals surface area contributed by atoms with E-state index in [2.05, 4.69) is 15.0 Å². The monoisotopic (exact) mass is 221 g/mol. The number of aromatic nitrogens is 3. The van der Waals surface area contributed by atoms with Gasteiger partial charge in [0.1, 0.15) is 23.1 Å². The Kier molecular flexibility index (Phi) is 2.39. The molecule has 0 spiro atoms. The van der Waals surface area contributed by atoms with E-state index in [1.165, 1.54) is 6.33 Å². The molecule has 4 N–H and O–H groups in total. The molecular formula is C9H8ClN5. The van der Waals surface area contributed by atoms with Crippen molar-refractivity contribution in [2.75, 3.05) is 11.5 Å². The molecule has 0 bridgehead atoms. The Morgan fingerprint density at radius 3 is 2.60 bits per heavy atom. The second-order valence-corrected chi connectivity index (χ2v) is 3.28. The molecule has 0 saturated heterocycles. The van der Waals surface area contributed by atoms with Gasteiger partial charge in [-0.15, -0.1) is 0 Å². The van der Waals surface area contributed by atoms with E-state index in [1.807, 2.05) is 0 Å². The third-order valence-electron chi connectivity index (χ3n) is 1.86. The summed E-state index contributed by atoms with van der Waals surface area (Å²) in [6.45, 7) is 0. The lowest BCUT2D eigenvalue weighted by atomic mass is 10.2. The minimum absolute atomic E-state index is 0.324. The average molecular weight is 222 g/mol. The minimum atomic E-state index is 0.324. The molecule has 0 saturated carbocycles. The van der Waals surface area contributed by atoms with E-state index >= 15 is 0 Å². The molecule has 0 radical (unpaired) electrons. The first kappa shape index (κ1) is 9.67. The van der Waals surface area contributed by atoms with Crippen molar-refractivity contribution in [3.05, 3.63) is 29.7 Å². The van der Waals surface area contributed by atoms with Gasteiger partial charge in [0.15, 0.2) is 0 Å². The molecule has 0 aromatic carbocycles. The van der Waals surface area contributed by atoms with Crippen LogP contribution in [-0.4, -0.2) is 15.0 Å². The lowest BCUT2D eigenvalue weighted by Crippen LogP contribution is -1.99. The highest BCUT2D eigenvalue weighted by atomic mass is 35.5. The summed E-state index contributed by atoms with van der Waals surface area (Å²) in [6, 6.07) is 5.02. The van der Waals surface area contributed by atoms with Crippen molar-refractivity contribution in [3.8, 4) is 11.3 Å². The van der Waals surface area contributed by atoms with Crippen molar-refractivity contribution in [2.24, 2.45) is 0 Å². The SMILES string of the molecule is Nc1ccc(-c2cc(Cl)ncn2)c(N)n1. The number of hydrogen-bond acceptors (Lipinski definition) is 5. The fraction of sp³-hybridized carbons (Fsp3) is 0. The third-order valence-corrected chi connectivity index (χ3v) is 2.06. The molecule has 0 atom stereocenters. The Morgan fingerprint density at radius 1 is 1.13 bits per heavy atom. The zero-order valence-corrected chi connectivity index (χ0v) is 8.44. The van der Waals surface area contributed by atoms with E-state index in [-0.39, 0.29) is 0 Å². The van der Waals surface area contributed by atoms with Crippen LogP contribution in [0.2, 0.25) is 5.15 Å². The van der Waals surface area contributed by atoms with Crippen molar-refractivity contribution >= 4 is 23.2 Å². The molecule has 76 valence electrons. The first-order valence-electron chi connectivity index (χ1n) is 4.17.